The molecule has 5 heteroatoms. The van der Waals surface area contributed by atoms with E-state index in [2.05, 4.69) is 46.7 Å². The average Bonchev–Trinajstić information content (AvgIpc) is 3.19. The van der Waals surface area contributed by atoms with Gasteiger partial charge in [0.2, 0.25) is 5.91 Å². The van der Waals surface area contributed by atoms with Crippen molar-refractivity contribution in [3.63, 3.8) is 0 Å². The predicted octanol–water partition coefficient (Wildman–Crippen LogP) is 3.81. The van der Waals surface area contributed by atoms with E-state index in [9.17, 15) is 4.79 Å². The van der Waals surface area contributed by atoms with E-state index < -0.39 is 0 Å². The summed E-state index contributed by atoms with van der Waals surface area (Å²) in [5, 5.41) is 3.44. The summed E-state index contributed by atoms with van der Waals surface area (Å²) < 4.78 is 6.23. The third-order valence-corrected chi connectivity index (χ3v) is 6.51. The first kappa shape index (κ1) is 19.9. The van der Waals surface area contributed by atoms with Crippen LogP contribution in [0.4, 0.5) is 0 Å². The van der Waals surface area contributed by atoms with Crippen LogP contribution in [0.15, 0.2) is 79.0 Å². The summed E-state index contributed by atoms with van der Waals surface area (Å²) in [7, 11) is 0. The van der Waals surface area contributed by atoms with Gasteiger partial charge in [-0.25, -0.2) is 0 Å². The van der Waals surface area contributed by atoms with Crippen molar-refractivity contribution in [2.45, 2.75) is 31.1 Å². The number of nitrogens with zero attached hydrogens (tertiary/aromatic N) is 2. The minimum absolute atomic E-state index is 0.118. The highest BCUT2D eigenvalue weighted by atomic mass is 16.5. The number of aromatic nitrogens is 1. The monoisotopic (exact) mass is 413 g/mol. The molecule has 1 aromatic heterocycles. The van der Waals surface area contributed by atoms with Crippen molar-refractivity contribution in [1.29, 1.82) is 0 Å². The van der Waals surface area contributed by atoms with Gasteiger partial charge in [0.25, 0.3) is 0 Å². The molecule has 1 N–H and O–H groups in total. The van der Waals surface area contributed by atoms with Crippen LogP contribution in [0, 0.1) is 0 Å². The van der Waals surface area contributed by atoms with E-state index in [1.54, 1.807) is 6.20 Å². The van der Waals surface area contributed by atoms with Gasteiger partial charge in [0.1, 0.15) is 0 Å². The Morgan fingerprint density at radius 2 is 1.74 bits per heavy atom. The summed E-state index contributed by atoms with van der Waals surface area (Å²) in [4.78, 5) is 19.5. The molecule has 2 aliphatic heterocycles. The second-order valence-corrected chi connectivity index (χ2v) is 8.30. The lowest BCUT2D eigenvalue weighted by Gasteiger charge is -2.39. The van der Waals surface area contributed by atoms with Crippen molar-refractivity contribution >= 4 is 5.91 Å². The maximum absolute atomic E-state index is 13.0. The van der Waals surface area contributed by atoms with Gasteiger partial charge in [-0.2, -0.15) is 0 Å². The van der Waals surface area contributed by atoms with Gasteiger partial charge in [0.05, 0.1) is 30.5 Å². The Morgan fingerprint density at radius 1 is 1.00 bits per heavy atom. The molecule has 0 saturated carbocycles. The normalized spacial score (nSPS) is 18.0. The molecule has 0 aliphatic carbocycles. The number of pyridine rings is 1. The molecule has 1 saturated heterocycles. The largest absolute Gasteiger partial charge is 0.365 e. The summed E-state index contributed by atoms with van der Waals surface area (Å²) >= 11 is 0. The molecule has 2 aliphatic rings. The third kappa shape index (κ3) is 3.99. The highest BCUT2D eigenvalue weighted by Crippen LogP contribution is 2.43. The van der Waals surface area contributed by atoms with E-state index >= 15 is 0 Å². The molecule has 158 valence electrons. The summed E-state index contributed by atoms with van der Waals surface area (Å²) in [6.45, 7) is 2.39. The van der Waals surface area contributed by atoms with Crippen LogP contribution in [0.2, 0.25) is 0 Å². The molecule has 0 radical (unpaired) electrons. The van der Waals surface area contributed by atoms with Gasteiger partial charge in [-0.15, -0.1) is 0 Å². The highest BCUT2D eigenvalue weighted by molar-refractivity contribution is 5.78. The summed E-state index contributed by atoms with van der Waals surface area (Å²) in [5.41, 5.74) is 4.38. The molecule has 31 heavy (non-hydrogen) atoms. The molecule has 3 heterocycles. The van der Waals surface area contributed by atoms with Crippen molar-refractivity contribution in [1.82, 2.24) is 15.2 Å². The third-order valence-electron chi connectivity index (χ3n) is 6.51. The number of ether oxygens (including phenoxy) is 1. The van der Waals surface area contributed by atoms with Crippen molar-refractivity contribution in [3.8, 4) is 0 Å². The van der Waals surface area contributed by atoms with Gasteiger partial charge < -0.3 is 9.64 Å². The minimum atomic E-state index is -0.221. The highest BCUT2D eigenvalue weighted by Gasteiger charge is 2.43. The van der Waals surface area contributed by atoms with Crippen molar-refractivity contribution < 1.29 is 9.53 Å². The molecule has 3 aromatic rings. The fourth-order valence-electron chi connectivity index (χ4n) is 4.80. The standard InChI is InChI=1S/C26H27N3O2/c30-24(18-28-25(20-8-2-1-3-9-20)23-12-6-7-15-27-23)29-16-13-26(14-17-29)22-11-5-4-10-21(22)19-31-26/h1-12,15,25,28H,13-14,16-19H2. The van der Waals surface area contributed by atoms with Crippen molar-refractivity contribution in [2.75, 3.05) is 19.6 Å². The number of rotatable bonds is 5. The zero-order chi connectivity index (χ0) is 21.1. The Morgan fingerprint density at radius 3 is 2.52 bits per heavy atom. The van der Waals surface area contributed by atoms with E-state index in [0.717, 1.165) is 24.1 Å². The Bertz CT molecular complexity index is 991. The van der Waals surface area contributed by atoms with Crippen molar-refractivity contribution in [3.05, 3.63) is 101 Å². The number of carbonyl (C=O) groups is 1. The van der Waals surface area contributed by atoms with Gasteiger partial charge >= 0.3 is 0 Å². The lowest BCUT2D eigenvalue weighted by Crippen LogP contribution is -2.48. The van der Waals surface area contributed by atoms with Crippen LogP contribution in [0.1, 0.15) is 41.3 Å². The molecule has 1 amide bonds. The Hall–Kier alpha value is -3.02. The molecular weight excluding hydrogens is 386 g/mol. The number of carbonyl (C=O) groups excluding carboxylic acids is 1. The number of fused-ring (bicyclic) bond motifs is 2. The van der Waals surface area contributed by atoms with Crippen LogP contribution < -0.4 is 5.32 Å². The van der Waals surface area contributed by atoms with Crippen LogP contribution in [0.3, 0.4) is 0 Å². The van der Waals surface area contributed by atoms with Crippen LogP contribution >= 0.6 is 0 Å². The summed E-state index contributed by atoms with van der Waals surface area (Å²) in [5.74, 6) is 0.123. The lowest BCUT2D eigenvalue weighted by molar-refractivity contribution is -0.137. The van der Waals surface area contributed by atoms with Gasteiger partial charge in [-0.05, 0) is 41.7 Å². The minimum Gasteiger partial charge on any atom is -0.365 e. The molecule has 1 unspecified atom stereocenters. The maximum atomic E-state index is 13.0. The SMILES string of the molecule is O=C(CNC(c1ccccc1)c1ccccn1)N1CCC2(CC1)OCc1ccccc12. The zero-order valence-electron chi connectivity index (χ0n) is 17.5. The molecule has 0 bridgehead atoms. The number of hydrogen-bond acceptors (Lipinski definition) is 4. The van der Waals surface area contributed by atoms with E-state index in [4.69, 9.17) is 4.74 Å². The van der Waals surface area contributed by atoms with Gasteiger partial charge in [-0.3, -0.25) is 15.1 Å². The van der Waals surface area contributed by atoms with E-state index in [1.807, 2.05) is 41.3 Å². The number of piperidine rings is 1. The van der Waals surface area contributed by atoms with Gasteiger partial charge in [0.15, 0.2) is 0 Å². The number of amides is 1. The average molecular weight is 414 g/mol. The molecule has 5 rings (SSSR count). The van der Waals surface area contributed by atoms with Crippen LogP contribution in [-0.2, 0) is 21.7 Å². The van der Waals surface area contributed by atoms with Crippen LogP contribution in [0.5, 0.6) is 0 Å². The van der Waals surface area contributed by atoms with Gasteiger partial charge in [0, 0.05) is 19.3 Å². The van der Waals surface area contributed by atoms with Gasteiger partial charge in [-0.1, -0.05) is 60.7 Å². The quantitative estimate of drug-likeness (QED) is 0.691. The molecule has 2 aromatic carbocycles. The number of benzene rings is 2. The Labute approximate surface area is 183 Å². The molecule has 5 nitrogen and oxygen atoms in total. The van der Waals surface area contributed by atoms with Crippen molar-refractivity contribution in [2.24, 2.45) is 0 Å². The Balaban J connectivity index is 1.24. The second kappa shape index (κ2) is 8.61. The first-order valence-electron chi connectivity index (χ1n) is 10.9. The van der Waals surface area contributed by atoms with Crippen LogP contribution in [-0.4, -0.2) is 35.4 Å². The topological polar surface area (TPSA) is 54.5 Å². The lowest BCUT2D eigenvalue weighted by atomic mass is 9.84. The maximum Gasteiger partial charge on any atom is 0.236 e. The fourth-order valence-corrected chi connectivity index (χ4v) is 4.80. The zero-order valence-corrected chi connectivity index (χ0v) is 17.5. The van der Waals surface area contributed by atoms with E-state index in [-0.39, 0.29) is 24.1 Å². The molecular formula is C26H27N3O2. The summed E-state index contributed by atoms with van der Waals surface area (Å²) in [6, 6.07) is 24.4. The smallest absolute Gasteiger partial charge is 0.236 e. The number of hydrogen-bond donors (Lipinski definition) is 1. The summed E-state index contributed by atoms with van der Waals surface area (Å²) in [6.07, 6.45) is 3.48. The number of nitrogens with one attached hydrogen (secondary N) is 1. The van der Waals surface area contributed by atoms with Crippen LogP contribution in [0.25, 0.3) is 0 Å². The van der Waals surface area contributed by atoms with E-state index in [1.165, 1.54) is 11.1 Å². The predicted molar refractivity (Wildman–Crippen MR) is 119 cm³/mol. The molecule has 1 fully saturated rings. The number of likely N-dealkylation sites (tertiary alicyclic amines) is 1. The Kier molecular flexibility index (Phi) is 5.53. The first-order valence-corrected chi connectivity index (χ1v) is 10.9. The molecule has 1 spiro atoms. The second-order valence-electron chi connectivity index (χ2n) is 8.30. The first-order chi connectivity index (χ1) is 15.3. The molecule has 1 atom stereocenters. The van der Waals surface area contributed by atoms with E-state index in [0.29, 0.717) is 19.7 Å². The fraction of sp³-hybridized carbons (Fsp3) is 0.308.